The van der Waals surface area contributed by atoms with E-state index in [4.69, 9.17) is 46.4 Å². The Labute approximate surface area is 226 Å². The largest absolute Gasteiger partial charge is 0.352 e. The summed E-state index contributed by atoms with van der Waals surface area (Å²) in [5.41, 5.74) is 0.722. The van der Waals surface area contributed by atoms with Gasteiger partial charge in [-0.1, -0.05) is 65.5 Å². The Hall–Kier alpha value is -1.71. The highest BCUT2D eigenvalue weighted by molar-refractivity contribution is 7.92. The van der Waals surface area contributed by atoms with Gasteiger partial charge in [0, 0.05) is 17.6 Å². The molecule has 0 saturated heterocycles. The van der Waals surface area contributed by atoms with Crippen LogP contribution in [0.15, 0.2) is 36.4 Å². The molecule has 0 fully saturated rings. The lowest BCUT2D eigenvalue weighted by Crippen LogP contribution is -2.53. The van der Waals surface area contributed by atoms with Crippen molar-refractivity contribution in [3.05, 3.63) is 62.1 Å². The SMILES string of the molecule is CCC(C(=O)NC(C)C)N(Cc1ccc(Cl)cc1)C(=O)CN(c1cc(Cl)c(Cl)cc1Cl)S(C)(=O)=O. The third kappa shape index (κ3) is 8.15. The molecule has 0 spiro atoms. The van der Waals surface area contributed by atoms with Gasteiger partial charge in [-0.25, -0.2) is 8.42 Å². The third-order valence-corrected chi connectivity index (χ3v) is 7.42. The molecule has 0 aliphatic heterocycles. The summed E-state index contributed by atoms with van der Waals surface area (Å²) in [5, 5.41) is 3.57. The minimum atomic E-state index is -3.97. The fourth-order valence-corrected chi connectivity index (χ4v) is 5.06. The number of rotatable bonds is 10. The number of carbonyl (C=O) groups excluding carboxylic acids is 2. The van der Waals surface area contributed by atoms with E-state index < -0.39 is 28.5 Å². The molecule has 2 aromatic rings. The van der Waals surface area contributed by atoms with Crippen molar-refractivity contribution >= 4 is 73.9 Å². The summed E-state index contributed by atoms with van der Waals surface area (Å²) in [4.78, 5) is 27.9. The maximum atomic E-state index is 13.6. The molecule has 1 N–H and O–H groups in total. The highest BCUT2D eigenvalue weighted by Gasteiger charge is 2.32. The van der Waals surface area contributed by atoms with E-state index in [0.717, 1.165) is 16.1 Å². The molecule has 1 atom stereocenters. The molecule has 0 aliphatic carbocycles. The molecule has 2 aromatic carbocycles. The maximum absolute atomic E-state index is 13.6. The Morgan fingerprint density at radius 3 is 2.06 bits per heavy atom. The molecule has 2 amide bonds. The van der Waals surface area contributed by atoms with Crippen LogP contribution in [0.25, 0.3) is 0 Å². The number of amides is 2. The lowest BCUT2D eigenvalue weighted by atomic mass is 10.1. The van der Waals surface area contributed by atoms with Crippen LogP contribution in [0.3, 0.4) is 0 Å². The lowest BCUT2D eigenvalue weighted by molar-refractivity contribution is -0.140. The first-order valence-corrected chi connectivity index (χ1v) is 14.1. The zero-order valence-corrected chi connectivity index (χ0v) is 23.5. The number of nitrogens with zero attached hydrogens (tertiary/aromatic N) is 2. The molecule has 7 nitrogen and oxygen atoms in total. The Morgan fingerprint density at radius 1 is 0.971 bits per heavy atom. The second-order valence-corrected chi connectivity index (χ2v) is 11.8. The van der Waals surface area contributed by atoms with E-state index >= 15 is 0 Å². The Balaban J connectivity index is 2.50. The van der Waals surface area contributed by atoms with E-state index in [2.05, 4.69) is 5.32 Å². The molecule has 35 heavy (non-hydrogen) atoms. The van der Waals surface area contributed by atoms with Gasteiger partial charge in [-0.3, -0.25) is 13.9 Å². The first-order valence-electron chi connectivity index (χ1n) is 10.7. The van der Waals surface area contributed by atoms with Gasteiger partial charge in [0.1, 0.15) is 12.6 Å². The van der Waals surface area contributed by atoms with Crippen molar-refractivity contribution in [3.8, 4) is 0 Å². The topological polar surface area (TPSA) is 86.8 Å². The Bertz CT molecular complexity index is 1170. The quantitative estimate of drug-likeness (QED) is 0.380. The molecule has 2 rings (SSSR count). The summed E-state index contributed by atoms with van der Waals surface area (Å²) >= 11 is 24.3. The van der Waals surface area contributed by atoms with E-state index in [1.54, 1.807) is 31.2 Å². The maximum Gasteiger partial charge on any atom is 0.244 e. The fourth-order valence-electron chi connectivity index (χ4n) is 3.38. The smallest absolute Gasteiger partial charge is 0.244 e. The van der Waals surface area contributed by atoms with Crippen LogP contribution in [0, 0.1) is 0 Å². The highest BCUT2D eigenvalue weighted by Crippen LogP contribution is 2.35. The van der Waals surface area contributed by atoms with Crippen LogP contribution < -0.4 is 9.62 Å². The van der Waals surface area contributed by atoms with Gasteiger partial charge in [0.15, 0.2) is 0 Å². The van der Waals surface area contributed by atoms with Gasteiger partial charge in [0.2, 0.25) is 21.8 Å². The van der Waals surface area contributed by atoms with E-state index in [1.165, 1.54) is 17.0 Å². The number of carbonyl (C=O) groups is 2. The summed E-state index contributed by atoms with van der Waals surface area (Å²) in [7, 11) is -3.97. The molecule has 192 valence electrons. The predicted molar refractivity (Wildman–Crippen MR) is 143 cm³/mol. The van der Waals surface area contributed by atoms with Crippen molar-refractivity contribution in [3.63, 3.8) is 0 Å². The first-order chi connectivity index (χ1) is 16.2. The zero-order valence-electron chi connectivity index (χ0n) is 19.7. The predicted octanol–water partition coefficient (Wildman–Crippen LogP) is 5.40. The molecule has 0 heterocycles. The number of anilines is 1. The van der Waals surface area contributed by atoms with Crippen molar-refractivity contribution in [2.24, 2.45) is 0 Å². The number of benzene rings is 2. The summed E-state index contributed by atoms with van der Waals surface area (Å²) in [6.45, 7) is 4.86. The van der Waals surface area contributed by atoms with Crippen molar-refractivity contribution in [2.45, 2.75) is 45.8 Å². The summed E-state index contributed by atoms with van der Waals surface area (Å²) in [6.07, 6.45) is 1.26. The lowest BCUT2D eigenvalue weighted by Gasteiger charge is -2.33. The van der Waals surface area contributed by atoms with Crippen LogP contribution in [0.5, 0.6) is 0 Å². The second-order valence-electron chi connectivity index (χ2n) is 8.22. The molecule has 0 bridgehead atoms. The highest BCUT2D eigenvalue weighted by atomic mass is 35.5. The van der Waals surface area contributed by atoms with E-state index in [0.29, 0.717) is 11.4 Å². The average molecular weight is 583 g/mol. The number of nitrogens with one attached hydrogen (secondary N) is 1. The van der Waals surface area contributed by atoms with Gasteiger partial charge < -0.3 is 10.2 Å². The fraction of sp³-hybridized carbons (Fsp3) is 0.391. The minimum absolute atomic E-state index is 0.00281. The van der Waals surface area contributed by atoms with Gasteiger partial charge in [0.25, 0.3) is 0 Å². The van der Waals surface area contributed by atoms with Gasteiger partial charge in [-0.05, 0) is 50.1 Å². The van der Waals surface area contributed by atoms with Crippen molar-refractivity contribution in [2.75, 3.05) is 17.1 Å². The van der Waals surface area contributed by atoms with Gasteiger partial charge in [-0.2, -0.15) is 0 Å². The third-order valence-electron chi connectivity index (χ3n) is 5.02. The minimum Gasteiger partial charge on any atom is -0.352 e. The van der Waals surface area contributed by atoms with Gasteiger partial charge in [-0.15, -0.1) is 0 Å². The summed E-state index contributed by atoms with van der Waals surface area (Å²) < 4.78 is 26.2. The molecule has 0 aromatic heterocycles. The monoisotopic (exact) mass is 581 g/mol. The second kappa shape index (κ2) is 12.5. The van der Waals surface area contributed by atoms with Crippen LogP contribution in [0.2, 0.25) is 20.1 Å². The van der Waals surface area contributed by atoms with Crippen LogP contribution in [-0.2, 0) is 26.2 Å². The standard InChI is InChI=1S/C23H27Cl4N3O4S/c1-5-20(23(32)28-14(2)3)29(12-15-6-8-16(24)9-7-15)22(31)13-30(35(4,33)34)21-11-18(26)17(25)10-19(21)27/h6-11,14,20H,5,12-13H2,1-4H3,(H,28,32). The molecule has 12 heteroatoms. The number of sulfonamides is 1. The summed E-state index contributed by atoms with van der Waals surface area (Å²) in [6, 6.07) is 8.42. The van der Waals surface area contributed by atoms with Crippen LogP contribution in [-0.4, -0.2) is 50.0 Å². The molecule has 1 unspecified atom stereocenters. The number of hydrogen-bond acceptors (Lipinski definition) is 4. The molecular weight excluding hydrogens is 556 g/mol. The average Bonchev–Trinajstić information content (AvgIpc) is 2.74. The normalized spacial score (nSPS) is 12.4. The van der Waals surface area contributed by atoms with E-state index in [-0.39, 0.29) is 39.2 Å². The van der Waals surface area contributed by atoms with E-state index in [1.807, 2.05) is 13.8 Å². The van der Waals surface area contributed by atoms with Crippen LogP contribution in [0.4, 0.5) is 5.69 Å². The first kappa shape index (κ1) is 29.5. The molecule has 0 saturated carbocycles. The Morgan fingerprint density at radius 2 is 1.54 bits per heavy atom. The molecular formula is C23H27Cl4N3O4S. The van der Waals surface area contributed by atoms with Gasteiger partial charge >= 0.3 is 0 Å². The number of halogens is 4. The van der Waals surface area contributed by atoms with Crippen molar-refractivity contribution < 1.29 is 18.0 Å². The van der Waals surface area contributed by atoms with Crippen molar-refractivity contribution in [1.29, 1.82) is 0 Å². The zero-order chi connectivity index (χ0) is 26.5. The summed E-state index contributed by atoms with van der Waals surface area (Å²) in [5.74, 6) is -0.943. The van der Waals surface area contributed by atoms with E-state index in [9.17, 15) is 18.0 Å². The van der Waals surface area contributed by atoms with Gasteiger partial charge in [0.05, 0.1) is 27.0 Å². The number of hydrogen-bond donors (Lipinski definition) is 1. The molecule has 0 aliphatic rings. The van der Waals surface area contributed by atoms with Crippen LogP contribution >= 0.6 is 46.4 Å². The van der Waals surface area contributed by atoms with Crippen LogP contribution in [0.1, 0.15) is 32.8 Å². The van der Waals surface area contributed by atoms with Crippen molar-refractivity contribution in [1.82, 2.24) is 10.2 Å². The Kier molecular flexibility index (Phi) is 10.5. The molecule has 0 radical (unpaired) electrons.